The number of likely N-dealkylation sites (N-methyl/N-ethyl adjacent to an activating group) is 1. The maximum Gasteiger partial charge on any atom is 0.321 e. The van der Waals surface area contributed by atoms with Crippen LogP contribution in [0.2, 0.25) is 10.0 Å². The van der Waals surface area contributed by atoms with E-state index >= 15 is 28.8 Å². The number of methoxy groups -OCH3 is 1. The number of phenols is 3. The number of urea groups is 1. The van der Waals surface area contributed by atoms with Gasteiger partial charge in [-0.1, -0.05) is 94.3 Å². The first-order chi connectivity index (χ1) is 48.8. The highest BCUT2D eigenvalue weighted by Gasteiger charge is 2.50. The number of ether oxygens (including phenoxy) is 3. The largest absolute Gasteiger partial charge is 0.508 e. The standard InChI is InChI=1S/C73H86Cl2N10O17/c1-6-7-8-9-10-11-18-77-73(99)79-55(89)32-48-67(93)81-59-41-28-53(101-51-16-13-37(26-45(51)74)63(90)61(71(97)78-48)84-66(92)47(76-4)19-33(2)3)65(100-5)54(29-41)102-52-17-14-38(27-46(52)75)64(91)62-72(98)83-60(70(96)80-57-39-21-34-20-35(23-39)24-40(57)22-34)44-30-42(86)31-50(88)56(44)43-25-36(12-15-49(43)87)58(68(94)85-62)82-69(59)95/h12-17,25-31,33-35,39-40,47-48,57-64,76,86-88,90-91H,6-11,18-24,32H2,1-5H3,(H,78,97)(H,80,96)(H,81,93)(H,82,95)(H,83,98)(H,84,92)(H,85,94)(H2,77,79,89,99)/t34?,35?,39?,40?,47-,48+,57?,58-,59-,60+,61-,62-,63-,64-/m1/s1. The fourth-order valence-electron chi connectivity index (χ4n) is 15.3. The van der Waals surface area contributed by atoms with Crippen LogP contribution in [0.25, 0.3) is 11.1 Å². The third-order valence-corrected chi connectivity index (χ3v) is 20.7. The van der Waals surface area contributed by atoms with Gasteiger partial charge in [-0.2, -0.15) is 0 Å². The molecule has 27 nitrogen and oxygen atoms in total. The third kappa shape index (κ3) is 16.4. The number of aliphatic hydroxyl groups excluding tert-OH is 2. The Balaban J connectivity index is 1.06. The van der Waals surface area contributed by atoms with Gasteiger partial charge in [0.2, 0.25) is 53.0 Å². The molecule has 15 N–H and O–H groups in total. The van der Waals surface area contributed by atoms with Crippen molar-refractivity contribution in [1.29, 1.82) is 0 Å². The number of imide groups is 1. The van der Waals surface area contributed by atoms with E-state index in [1.807, 2.05) is 13.8 Å². The molecule has 102 heavy (non-hydrogen) atoms. The molecular formula is C73H86Cl2N10O17. The van der Waals surface area contributed by atoms with Crippen LogP contribution in [0.1, 0.15) is 162 Å². The summed E-state index contributed by atoms with van der Waals surface area (Å²) in [7, 11) is 2.77. The summed E-state index contributed by atoms with van der Waals surface area (Å²) < 4.78 is 18.9. The zero-order valence-corrected chi connectivity index (χ0v) is 58.5. The average Bonchev–Trinajstić information content (AvgIpc) is 0.803. The molecule has 29 heteroatoms. The van der Waals surface area contributed by atoms with E-state index in [1.165, 1.54) is 74.8 Å². The van der Waals surface area contributed by atoms with Crippen molar-refractivity contribution in [1.82, 2.24) is 53.2 Å². The molecule has 5 aliphatic heterocycles. The van der Waals surface area contributed by atoms with E-state index in [1.54, 1.807) is 0 Å². The number of fused-ring (bicyclic) bond motifs is 15. The number of nitrogens with one attached hydrogen (secondary N) is 10. The normalized spacial score (nSPS) is 25.4. The number of carbonyl (C=O) groups is 9. The highest BCUT2D eigenvalue weighted by Crippen LogP contribution is 2.54. The van der Waals surface area contributed by atoms with Gasteiger partial charge in [0, 0.05) is 29.8 Å². The van der Waals surface area contributed by atoms with Crippen molar-refractivity contribution < 1.29 is 82.9 Å². The number of unbranched alkanes of at least 4 members (excludes halogenated alkanes) is 5. The number of phenolic OH excluding ortho intramolecular Hbond substituents is 3. The number of carbonyl (C=O) groups excluding carboxylic acids is 9. The van der Waals surface area contributed by atoms with Crippen LogP contribution in [0.3, 0.4) is 0 Å². The molecule has 14 rings (SSSR count). The van der Waals surface area contributed by atoms with Crippen LogP contribution in [-0.2, 0) is 38.4 Å². The minimum Gasteiger partial charge on any atom is -0.508 e. The van der Waals surface area contributed by atoms with E-state index in [0.717, 1.165) is 82.4 Å². The highest BCUT2D eigenvalue weighted by molar-refractivity contribution is 6.32. The third-order valence-electron chi connectivity index (χ3n) is 20.1. The quantitative estimate of drug-likeness (QED) is 0.0407. The molecule has 10 amide bonds. The van der Waals surface area contributed by atoms with Crippen molar-refractivity contribution in [2.24, 2.45) is 29.6 Å². The van der Waals surface area contributed by atoms with Gasteiger partial charge < -0.3 is 87.6 Å². The zero-order chi connectivity index (χ0) is 73.0. The van der Waals surface area contributed by atoms with Gasteiger partial charge in [0.25, 0.3) is 0 Å². The van der Waals surface area contributed by atoms with Crippen molar-refractivity contribution in [2.75, 3.05) is 20.7 Å². The summed E-state index contributed by atoms with van der Waals surface area (Å²) in [6.07, 6.45) is 5.19. The van der Waals surface area contributed by atoms with Gasteiger partial charge in [0.1, 0.15) is 77.2 Å². The number of rotatable bonds is 17. The lowest BCUT2D eigenvalue weighted by Crippen LogP contribution is -2.59. The molecule has 4 fully saturated rings. The molecule has 0 saturated heterocycles. The van der Waals surface area contributed by atoms with Gasteiger partial charge in [-0.25, -0.2) is 4.79 Å². The van der Waals surface area contributed by atoms with Crippen LogP contribution in [0.4, 0.5) is 4.79 Å². The summed E-state index contributed by atoms with van der Waals surface area (Å²) in [6, 6.07) is 1.38. The summed E-state index contributed by atoms with van der Waals surface area (Å²) in [4.78, 5) is 135. The second kappa shape index (κ2) is 31.9. The minimum atomic E-state index is -2.15. The van der Waals surface area contributed by atoms with E-state index in [0.29, 0.717) is 18.3 Å². The summed E-state index contributed by atoms with van der Waals surface area (Å²) in [5.41, 5.74) is -1.43. The maximum atomic E-state index is 16.0. The number of aromatic hydroxyl groups is 3. The lowest BCUT2D eigenvalue weighted by atomic mass is 9.54. The fraction of sp³-hybridized carbons (Fsp3) is 0.466. The van der Waals surface area contributed by atoms with Crippen LogP contribution in [0, 0.1) is 29.6 Å². The van der Waals surface area contributed by atoms with Crippen molar-refractivity contribution in [2.45, 2.75) is 165 Å². The highest BCUT2D eigenvalue weighted by atomic mass is 35.5. The molecule has 9 atom stereocenters. The smallest absolute Gasteiger partial charge is 0.321 e. The first kappa shape index (κ1) is 73.8. The molecule has 0 unspecified atom stereocenters. The Morgan fingerprint density at radius 2 is 1.23 bits per heavy atom. The van der Waals surface area contributed by atoms with Gasteiger partial charge in [0.05, 0.1) is 29.6 Å². The topological polar surface area (TPSA) is 403 Å². The van der Waals surface area contributed by atoms with Crippen molar-refractivity contribution in [3.8, 4) is 57.1 Å². The van der Waals surface area contributed by atoms with Crippen LogP contribution >= 0.6 is 23.2 Å². The number of benzene rings is 5. The summed E-state index contributed by atoms with van der Waals surface area (Å²) in [6.45, 7) is 5.98. The molecule has 4 saturated carbocycles. The molecule has 544 valence electrons. The summed E-state index contributed by atoms with van der Waals surface area (Å²) in [5.74, 6) is -10.7. The molecule has 15 bridgehead atoms. The lowest BCUT2D eigenvalue weighted by molar-refractivity contribution is -0.138. The molecule has 0 spiro atoms. The summed E-state index contributed by atoms with van der Waals surface area (Å²) >= 11 is 14.0. The van der Waals surface area contributed by atoms with E-state index in [-0.39, 0.29) is 114 Å². The zero-order valence-electron chi connectivity index (χ0n) is 57.0. The van der Waals surface area contributed by atoms with Gasteiger partial charge in [-0.05, 0) is 164 Å². The molecule has 5 aromatic carbocycles. The van der Waals surface area contributed by atoms with E-state index in [4.69, 9.17) is 37.4 Å². The Hall–Kier alpha value is -9.41. The Kier molecular flexibility index (Phi) is 23.1. The maximum absolute atomic E-state index is 16.0. The number of hydrogen-bond acceptors (Lipinski definition) is 18. The van der Waals surface area contributed by atoms with Gasteiger partial charge >= 0.3 is 6.03 Å². The average molecular weight is 1450 g/mol. The Morgan fingerprint density at radius 1 is 0.627 bits per heavy atom. The predicted molar refractivity (Wildman–Crippen MR) is 372 cm³/mol. The van der Waals surface area contributed by atoms with E-state index in [9.17, 15) is 39.9 Å². The first-order valence-corrected chi connectivity index (χ1v) is 35.3. The van der Waals surface area contributed by atoms with Crippen molar-refractivity contribution in [3.05, 3.63) is 117 Å². The second-order valence-corrected chi connectivity index (χ2v) is 28.6. The van der Waals surface area contributed by atoms with Crippen LogP contribution < -0.4 is 67.4 Å². The Labute approximate surface area is 598 Å². The minimum absolute atomic E-state index is 0.0498. The number of hydrogen-bond donors (Lipinski definition) is 15. The van der Waals surface area contributed by atoms with Crippen molar-refractivity contribution in [3.63, 3.8) is 0 Å². The number of halogens is 2. The van der Waals surface area contributed by atoms with E-state index in [2.05, 4.69) is 60.1 Å². The summed E-state index contributed by atoms with van der Waals surface area (Å²) in [5, 5.41) is 86.1. The van der Waals surface area contributed by atoms with Gasteiger partial charge in [-0.3, -0.25) is 43.7 Å². The van der Waals surface area contributed by atoms with Gasteiger partial charge in [0.15, 0.2) is 11.5 Å². The monoisotopic (exact) mass is 1440 g/mol. The van der Waals surface area contributed by atoms with E-state index < -0.39 is 131 Å². The molecule has 4 aliphatic carbocycles. The van der Waals surface area contributed by atoms with Crippen LogP contribution in [0.15, 0.2) is 78.9 Å². The SMILES string of the molecule is CCCCCCCCNC(=O)NC(=O)C[C@@H]1NC(=O)[C@H](NC(=O)[C@@H](CC(C)C)NC)[C@H](O)c2ccc(c(Cl)c2)Oc2cc3cc(c2OC)Oc2ccc(cc2Cl)[C@@H](O)[C@H]2NC(=O)[C@H](NC(=O)[C@@H]3NC1=O)c1ccc(O)c(c1)-c1c(O)cc(O)cc1[C@@H](C(=O)NC1C3CC4CC(C3)CC1C4)NC2=O. The predicted octanol–water partition coefficient (Wildman–Crippen LogP) is 7.26. The Bertz CT molecular complexity index is 4050. The van der Waals surface area contributed by atoms with Crippen molar-refractivity contribution >= 4 is 76.5 Å². The lowest BCUT2D eigenvalue weighted by Gasteiger charge is -2.54. The Morgan fingerprint density at radius 3 is 1.84 bits per heavy atom. The molecular weight excluding hydrogens is 1360 g/mol. The van der Waals surface area contributed by atoms with Gasteiger partial charge in [-0.15, -0.1) is 0 Å². The van der Waals surface area contributed by atoms with Crippen LogP contribution in [0.5, 0.6) is 46.0 Å². The molecule has 0 aromatic heterocycles. The second-order valence-electron chi connectivity index (χ2n) is 27.8. The molecule has 5 heterocycles. The van der Waals surface area contributed by atoms with Crippen LogP contribution in [-0.4, -0.2) is 130 Å². The number of amides is 10. The molecule has 0 radical (unpaired) electrons. The first-order valence-electron chi connectivity index (χ1n) is 34.6. The molecule has 5 aromatic rings. The fourth-order valence-corrected chi connectivity index (χ4v) is 15.7. The molecule has 9 aliphatic rings. The number of aliphatic hydroxyl groups is 2.